The zero-order chi connectivity index (χ0) is 15.1. The fourth-order valence-electron chi connectivity index (χ4n) is 1.93. The smallest absolute Gasteiger partial charge is 0.224 e. The van der Waals surface area contributed by atoms with Crippen LogP contribution in [0.2, 0.25) is 0 Å². The summed E-state index contributed by atoms with van der Waals surface area (Å²) >= 11 is 0. The van der Waals surface area contributed by atoms with Crippen molar-refractivity contribution in [2.45, 2.75) is 32.8 Å². The molecular formula is C15H22FNO3. The van der Waals surface area contributed by atoms with Crippen molar-refractivity contribution in [2.24, 2.45) is 5.92 Å². The predicted octanol–water partition coefficient (Wildman–Crippen LogP) is 1.90. The third-order valence-electron chi connectivity index (χ3n) is 2.86. The number of nitrogens with one attached hydrogen (secondary N) is 1. The Bertz CT molecular complexity index is 449. The van der Waals surface area contributed by atoms with Crippen LogP contribution >= 0.6 is 0 Å². The lowest BCUT2D eigenvalue weighted by Crippen LogP contribution is -2.33. The van der Waals surface area contributed by atoms with Crippen LogP contribution in [0, 0.1) is 11.7 Å². The first-order chi connectivity index (χ1) is 9.42. The fourth-order valence-corrected chi connectivity index (χ4v) is 1.93. The summed E-state index contributed by atoms with van der Waals surface area (Å²) in [5, 5.41) is 12.3. The maximum Gasteiger partial charge on any atom is 0.224 e. The van der Waals surface area contributed by atoms with Gasteiger partial charge in [-0.2, -0.15) is 0 Å². The molecule has 0 bridgehead atoms. The van der Waals surface area contributed by atoms with Gasteiger partial charge in [0.15, 0.2) is 11.6 Å². The van der Waals surface area contributed by atoms with Crippen LogP contribution in [0.1, 0.15) is 25.8 Å². The Kier molecular flexibility index (Phi) is 6.45. The van der Waals surface area contributed by atoms with Crippen molar-refractivity contribution in [3.05, 3.63) is 29.6 Å². The first-order valence-electron chi connectivity index (χ1n) is 6.69. The SMILES string of the molecule is COc1ccc(CC(=O)NCC(O)CC(C)C)cc1F. The van der Waals surface area contributed by atoms with E-state index in [9.17, 15) is 14.3 Å². The van der Waals surface area contributed by atoms with Crippen LogP contribution in [0.3, 0.4) is 0 Å². The van der Waals surface area contributed by atoms with E-state index in [1.54, 1.807) is 6.07 Å². The number of benzene rings is 1. The van der Waals surface area contributed by atoms with Gasteiger partial charge in [-0.25, -0.2) is 4.39 Å². The van der Waals surface area contributed by atoms with Crippen LogP contribution in [0.5, 0.6) is 5.75 Å². The minimum absolute atomic E-state index is 0.0787. The summed E-state index contributed by atoms with van der Waals surface area (Å²) in [6, 6.07) is 4.42. The Morgan fingerprint density at radius 3 is 2.70 bits per heavy atom. The number of aliphatic hydroxyl groups is 1. The summed E-state index contributed by atoms with van der Waals surface area (Å²) in [5.41, 5.74) is 0.569. The van der Waals surface area contributed by atoms with Gasteiger partial charge in [-0.3, -0.25) is 4.79 Å². The van der Waals surface area contributed by atoms with E-state index in [1.165, 1.54) is 19.2 Å². The highest BCUT2D eigenvalue weighted by molar-refractivity contribution is 5.78. The number of hydrogen-bond donors (Lipinski definition) is 2. The first-order valence-corrected chi connectivity index (χ1v) is 6.69. The van der Waals surface area contributed by atoms with Gasteiger partial charge in [0.05, 0.1) is 19.6 Å². The van der Waals surface area contributed by atoms with Gasteiger partial charge >= 0.3 is 0 Å². The zero-order valence-corrected chi connectivity index (χ0v) is 12.1. The van der Waals surface area contributed by atoms with Crippen LogP contribution < -0.4 is 10.1 Å². The Balaban J connectivity index is 2.44. The van der Waals surface area contributed by atoms with E-state index in [2.05, 4.69) is 5.32 Å². The monoisotopic (exact) mass is 283 g/mol. The highest BCUT2D eigenvalue weighted by Crippen LogP contribution is 2.17. The molecule has 0 saturated carbocycles. The van der Waals surface area contributed by atoms with Crippen molar-refractivity contribution in [2.75, 3.05) is 13.7 Å². The third-order valence-corrected chi connectivity index (χ3v) is 2.86. The molecule has 0 aliphatic rings. The van der Waals surface area contributed by atoms with Crippen LogP contribution in [0.4, 0.5) is 4.39 Å². The number of carbonyl (C=O) groups excluding carboxylic acids is 1. The van der Waals surface area contributed by atoms with Crippen molar-refractivity contribution in [1.82, 2.24) is 5.32 Å². The van der Waals surface area contributed by atoms with Gasteiger partial charge in [0, 0.05) is 6.54 Å². The normalized spacial score (nSPS) is 12.3. The Hall–Kier alpha value is -1.62. The van der Waals surface area contributed by atoms with Gasteiger partial charge in [-0.15, -0.1) is 0 Å². The standard InChI is InChI=1S/C15H22FNO3/c1-10(2)6-12(18)9-17-15(19)8-11-4-5-14(20-3)13(16)7-11/h4-5,7,10,12,18H,6,8-9H2,1-3H3,(H,17,19). The summed E-state index contributed by atoms with van der Waals surface area (Å²) in [6.07, 6.45) is 0.166. The molecule has 0 radical (unpaired) electrons. The van der Waals surface area contributed by atoms with Gasteiger partial charge in [-0.1, -0.05) is 19.9 Å². The lowest BCUT2D eigenvalue weighted by atomic mass is 10.1. The summed E-state index contributed by atoms with van der Waals surface area (Å²) < 4.78 is 18.3. The average molecular weight is 283 g/mol. The van der Waals surface area contributed by atoms with Gasteiger partial charge in [0.25, 0.3) is 0 Å². The maximum atomic E-state index is 13.5. The molecule has 20 heavy (non-hydrogen) atoms. The molecule has 1 aromatic rings. The first kappa shape index (κ1) is 16.4. The molecular weight excluding hydrogens is 261 g/mol. The topological polar surface area (TPSA) is 58.6 Å². The average Bonchev–Trinajstić information content (AvgIpc) is 2.36. The van der Waals surface area contributed by atoms with Crippen molar-refractivity contribution in [3.8, 4) is 5.75 Å². The van der Waals surface area contributed by atoms with Crippen molar-refractivity contribution < 1.29 is 19.0 Å². The zero-order valence-electron chi connectivity index (χ0n) is 12.1. The second-order valence-electron chi connectivity index (χ2n) is 5.23. The number of ether oxygens (including phenoxy) is 1. The second-order valence-corrected chi connectivity index (χ2v) is 5.23. The molecule has 1 unspecified atom stereocenters. The molecule has 1 amide bonds. The van der Waals surface area contributed by atoms with Gasteiger partial charge < -0.3 is 15.2 Å². The minimum atomic E-state index is -0.549. The number of methoxy groups -OCH3 is 1. The highest BCUT2D eigenvalue weighted by Gasteiger charge is 2.11. The molecule has 112 valence electrons. The lowest BCUT2D eigenvalue weighted by molar-refractivity contribution is -0.120. The Morgan fingerprint density at radius 2 is 2.15 bits per heavy atom. The lowest BCUT2D eigenvalue weighted by Gasteiger charge is -2.14. The van der Waals surface area contributed by atoms with E-state index in [4.69, 9.17) is 4.74 Å². The molecule has 0 saturated heterocycles. The summed E-state index contributed by atoms with van der Waals surface area (Å²) in [7, 11) is 1.39. The van der Waals surface area contributed by atoms with Crippen LogP contribution in [0.15, 0.2) is 18.2 Å². The molecule has 0 fully saturated rings. The number of amides is 1. The van der Waals surface area contributed by atoms with E-state index < -0.39 is 11.9 Å². The number of hydrogen-bond acceptors (Lipinski definition) is 3. The molecule has 0 aliphatic carbocycles. The van der Waals surface area contributed by atoms with Gasteiger partial charge in [-0.05, 0) is 30.0 Å². The quantitative estimate of drug-likeness (QED) is 0.803. The predicted molar refractivity (Wildman–Crippen MR) is 75.1 cm³/mol. The molecule has 0 spiro atoms. The molecule has 1 rings (SSSR count). The molecule has 5 heteroatoms. The van der Waals surface area contributed by atoms with E-state index in [-0.39, 0.29) is 24.6 Å². The van der Waals surface area contributed by atoms with E-state index in [1.807, 2.05) is 13.8 Å². The van der Waals surface area contributed by atoms with Crippen molar-refractivity contribution >= 4 is 5.91 Å². The maximum absolute atomic E-state index is 13.5. The molecule has 2 N–H and O–H groups in total. The molecule has 0 aromatic heterocycles. The van der Waals surface area contributed by atoms with Crippen LogP contribution in [0.25, 0.3) is 0 Å². The number of halogens is 1. The van der Waals surface area contributed by atoms with Crippen LogP contribution in [-0.4, -0.2) is 30.8 Å². The largest absolute Gasteiger partial charge is 0.494 e. The van der Waals surface area contributed by atoms with Gasteiger partial charge in [0.2, 0.25) is 5.91 Å². The summed E-state index contributed by atoms with van der Waals surface area (Å²) in [5.74, 6) is -0.200. The third kappa shape index (κ3) is 5.57. The number of aliphatic hydroxyl groups excluding tert-OH is 1. The Morgan fingerprint density at radius 1 is 1.45 bits per heavy atom. The van der Waals surface area contributed by atoms with Gasteiger partial charge in [0.1, 0.15) is 0 Å². The molecule has 1 aromatic carbocycles. The minimum Gasteiger partial charge on any atom is -0.494 e. The summed E-state index contributed by atoms with van der Waals surface area (Å²) in [6.45, 7) is 4.23. The Labute approximate surface area is 119 Å². The van der Waals surface area contributed by atoms with Crippen molar-refractivity contribution in [3.63, 3.8) is 0 Å². The number of carbonyl (C=O) groups is 1. The highest BCUT2D eigenvalue weighted by atomic mass is 19.1. The van der Waals surface area contributed by atoms with Crippen molar-refractivity contribution in [1.29, 1.82) is 0 Å². The molecule has 0 heterocycles. The summed E-state index contributed by atoms with van der Waals surface area (Å²) in [4.78, 5) is 11.7. The van der Waals surface area contributed by atoms with E-state index >= 15 is 0 Å². The van der Waals surface area contributed by atoms with E-state index in [0.29, 0.717) is 17.9 Å². The molecule has 1 atom stereocenters. The van der Waals surface area contributed by atoms with Crippen LogP contribution in [-0.2, 0) is 11.2 Å². The molecule has 0 aliphatic heterocycles. The van der Waals surface area contributed by atoms with E-state index in [0.717, 1.165) is 0 Å². The number of rotatable bonds is 7. The second kappa shape index (κ2) is 7.85. The fraction of sp³-hybridized carbons (Fsp3) is 0.533. The molecule has 4 nitrogen and oxygen atoms in total.